The molecule has 1 aromatic heterocycles. The van der Waals surface area contributed by atoms with E-state index in [4.69, 9.17) is 4.74 Å². The Kier molecular flexibility index (Phi) is 6.43. The summed E-state index contributed by atoms with van der Waals surface area (Å²) in [5.74, 6) is 2.38. The summed E-state index contributed by atoms with van der Waals surface area (Å²) in [6.45, 7) is 4.92. The first-order chi connectivity index (χ1) is 9.67. The lowest BCUT2D eigenvalue weighted by molar-refractivity contribution is 0.0433. The predicted molar refractivity (Wildman–Crippen MR) is 90.6 cm³/mol. The standard InChI is InChI=1S/C15H21BrO2S2/c1-3-5-6-10(4-2)7-18-15(17)14-13(16)11-8-19-9-12(11)20-14/h10H,3-9H2,1-2H3. The maximum absolute atomic E-state index is 12.2. The summed E-state index contributed by atoms with van der Waals surface area (Å²) in [4.78, 5) is 14.3. The first-order valence-electron chi connectivity index (χ1n) is 7.22. The van der Waals surface area contributed by atoms with Crippen molar-refractivity contribution >= 4 is 45.0 Å². The number of esters is 1. The summed E-state index contributed by atoms with van der Waals surface area (Å²) in [7, 11) is 0. The average molecular weight is 377 g/mol. The molecule has 0 aromatic carbocycles. The second-order valence-corrected chi connectivity index (χ2v) is 8.04. The summed E-state index contributed by atoms with van der Waals surface area (Å²) >= 11 is 7.06. The van der Waals surface area contributed by atoms with Gasteiger partial charge in [-0.05, 0) is 33.8 Å². The molecule has 0 aliphatic carbocycles. The van der Waals surface area contributed by atoms with Gasteiger partial charge in [-0.1, -0.05) is 33.1 Å². The van der Waals surface area contributed by atoms with E-state index in [0.717, 1.165) is 33.7 Å². The fraction of sp³-hybridized carbons (Fsp3) is 0.667. The van der Waals surface area contributed by atoms with Crippen molar-refractivity contribution < 1.29 is 9.53 Å². The van der Waals surface area contributed by atoms with Crippen LogP contribution in [-0.4, -0.2) is 12.6 Å². The summed E-state index contributed by atoms with van der Waals surface area (Å²) in [5, 5.41) is 0. The van der Waals surface area contributed by atoms with Crippen molar-refractivity contribution in [3.05, 3.63) is 19.8 Å². The highest BCUT2D eigenvalue weighted by molar-refractivity contribution is 9.10. The zero-order valence-electron chi connectivity index (χ0n) is 12.0. The van der Waals surface area contributed by atoms with E-state index < -0.39 is 0 Å². The number of fused-ring (bicyclic) bond motifs is 1. The van der Waals surface area contributed by atoms with Crippen LogP contribution in [0.15, 0.2) is 4.47 Å². The van der Waals surface area contributed by atoms with Crippen molar-refractivity contribution in [2.75, 3.05) is 6.61 Å². The molecule has 0 fully saturated rings. The number of carbonyl (C=O) groups is 1. The van der Waals surface area contributed by atoms with Crippen molar-refractivity contribution in [3.63, 3.8) is 0 Å². The van der Waals surface area contributed by atoms with Crippen molar-refractivity contribution in [3.8, 4) is 0 Å². The lowest BCUT2D eigenvalue weighted by Gasteiger charge is -2.14. The van der Waals surface area contributed by atoms with Crippen LogP contribution in [0.1, 0.15) is 59.6 Å². The largest absolute Gasteiger partial charge is 0.461 e. The van der Waals surface area contributed by atoms with Gasteiger partial charge < -0.3 is 4.74 Å². The fourth-order valence-corrected chi connectivity index (χ4v) is 5.85. The molecule has 1 aliphatic heterocycles. The van der Waals surface area contributed by atoms with Gasteiger partial charge in [0.15, 0.2) is 0 Å². The summed E-state index contributed by atoms with van der Waals surface area (Å²) < 4.78 is 6.50. The number of unbranched alkanes of at least 4 members (excludes halogenated alkanes) is 1. The van der Waals surface area contributed by atoms with Crippen LogP contribution in [0.4, 0.5) is 0 Å². The Bertz CT molecular complexity index is 471. The number of rotatable bonds is 7. The summed E-state index contributed by atoms with van der Waals surface area (Å²) in [6, 6.07) is 0. The molecule has 0 radical (unpaired) electrons. The third-order valence-corrected chi connectivity index (χ3v) is 7.20. The highest BCUT2D eigenvalue weighted by Gasteiger charge is 2.25. The van der Waals surface area contributed by atoms with Crippen LogP contribution in [0.2, 0.25) is 0 Å². The number of hydrogen-bond acceptors (Lipinski definition) is 4. The van der Waals surface area contributed by atoms with Crippen molar-refractivity contribution in [2.24, 2.45) is 5.92 Å². The van der Waals surface area contributed by atoms with Crippen molar-refractivity contribution in [2.45, 2.75) is 51.0 Å². The molecule has 0 bridgehead atoms. The molecule has 2 heterocycles. The Labute approximate surface area is 137 Å². The van der Waals surface area contributed by atoms with Gasteiger partial charge in [-0.3, -0.25) is 0 Å². The first kappa shape index (κ1) is 16.4. The number of hydrogen-bond donors (Lipinski definition) is 0. The smallest absolute Gasteiger partial charge is 0.349 e. The Hall–Kier alpha value is -0.000000000000000111. The molecule has 0 saturated heterocycles. The second-order valence-electron chi connectivity index (χ2n) is 5.15. The monoisotopic (exact) mass is 376 g/mol. The lowest BCUT2D eigenvalue weighted by Crippen LogP contribution is -2.13. The van der Waals surface area contributed by atoms with Gasteiger partial charge in [-0.25, -0.2) is 4.79 Å². The molecule has 5 heteroatoms. The molecule has 0 saturated carbocycles. The zero-order valence-corrected chi connectivity index (χ0v) is 15.3. The van der Waals surface area contributed by atoms with Crippen LogP contribution in [0.3, 0.4) is 0 Å². The van der Waals surface area contributed by atoms with Gasteiger partial charge in [0.1, 0.15) is 4.88 Å². The topological polar surface area (TPSA) is 26.3 Å². The molecule has 0 N–H and O–H groups in total. The van der Waals surface area contributed by atoms with Crippen LogP contribution in [0, 0.1) is 5.92 Å². The predicted octanol–water partition coefficient (Wildman–Crippen LogP) is 5.63. The molecular weight excluding hydrogens is 356 g/mol. The van der Waals surface area contributed by atoms with Gasteiger partial charge in [0, 0.05) is 20.9 Å². The van der Waals surface area contributed by atoms with E-state index in [1.165, 1.54) is 23.3 Å². The molecule has 0 amide bonds. The van der Waals surface area contributed by atoms with Gasteiger partial charge in [-0.2, -0.15) is 11.8 Å². The van der Waals surface area contributed by atoms with E-state index in [-0.39, 0.29) is 5.97 Å². The molecule has 2 rings (SSSR count). The third-order valence-electron chi connectivity index (χ3n) is 3.68. The summed E-state index contributed by atoms with van der Waals surface area (Å²) in [5.41, 5.74) is 1.30. The highest BCUT2D eigenvalue weighted by Crippen LogP contribution is 2.43. The third kappa shape index (κ3) is 3.80. The van der Waals surface area contributed by atoms with Gasteiger partial charge in [0.25, 0.3) is 0 Å². The van der Waals surface area contributed by atoms with Gasteiger partial charge >= 0.3 is 5.97 Å². The summed E-state index contributed by atoms with van der Waals surface area (Å²) in [6.07, 6.45) is 4.64. The fourth-order valence-electron chi connectivity index (χ4n) is 2.28. The van der Waals surface area contributed by atoms with Crippen LogP contribution in [0.25, 0.3) is 0 Å². The van der Waals surface area contributed by atoms with E-state index in [0.29, 0.717) is 12.5 Å². The number of thioether (sulfide) groups is 1. The molecule has 1 aliphatic rings. The maximum Gasteiger partial charge on any atom is 0.349 e. The first-order valence-corrected chi connectivity index (χ1v) is 9.98. The molecule has 0 spiro atoms. The van der Waals surface area contributed by atoms with Crippen molar-refractivity contribution in [1.82, 2.24) is 0 Å². The van der Waals surface area contributed by atoms with Crippen molar-refractivity contribution in [1.29, 1.82) is 0 Å². The van der Waals surface area contributed by atoms with Gasteiger partial charge in [0.2, 0.25) is 0 Å². The Balaban J connectivity index is 1.92. The van der Waals surface area contributed by atoms with E-state index in [1.807, 2.05) is 11.8 Å². The van der Waals surface area contributed by atoms with Crippen LogP contribution in [0.5, 0.6) is 0 Å². The highest BCUT2D eigenvalue weighted by atomic mass is 79.9. The molecular formula is C15H21BrO2S2. The average Bonchev–Trinajstić information content (AvgIpc) is 3.02. The molecule has 2 nitrogen and oxygen atoms in total. The van der Waals surface area contributed by atoms with Crippen LogP contribution >= 0.6 is 39.0 Å². The molecule has 1 atom stereocenters. The quantitative estimate of drug-likeness (QED) is 0.576. The van der Waals surface area contributed by atoms with E-state index in [1.54, 1.807) is 11.3 Å². The zero-order chi connectivity index (χ0) is 14.5. The molecule has 1 aromatic rings. The minimum atomic E-state index is -0.156. The Morgan fingerprint density at radius 3 is 2.85 bits per heavy atom. The number of halogens is 1. The van der Waals surface area contributed by atoms with Crippen LogP contribution in [-0.2, 0) is 16.2 Å². The van der Waals surface area contributed by atoms with E-state index in [9.17, 15) is 4.79 Å². The van der Waals surface area contributed by atoms with E-state index >= 15 is 0 Å². The van der Waals surface area contributed by atoms with Gasteiger partial charge in [-0.15, -0.1) is 11.3 Å². The molecule has 1 unspecified atom stereocenters. The number of carbonyl (C=O) groups excluding carboxylic acids is 1. The SMILES string of the molecule is CCCCC(CC)COC(=O)c1sc2c(c1Br)CSC2. The maximum atomic E-state index is 12.2. The number of ether oxygens (including phenoxy) is 1. The van der Waals surface area contributed by atoms with Gasteiger partial charge in [0.05, 0.1) is 6.61 Å². The van der Waals surface area contributed by atoms with Crippen LogP contribution < -0.4 is 0 Å². The lowest BCUT2D eigenvalue weighted by atomic mass is 10.0. The normalized spacial score (nSPS) is 15.2. The molecule has 20 heavy (non-hydrogen) atoms. The minimum absolute atomic E-state index is 0.156. The Morgan fingerprint density at radius 2 is 2.20 bits per heavy atom. The second kappa shape index (κ2) is 7.85. The van der Waals surface area contributed by atoms with E-state index in [2.05, 4.69) is 29.8 Å². The molecule has 112 valence electrons. The minimum Gasteiger partial charge on any atom is -0.461 e. The number of thiophene rings is 1. The Morgan fingerprint density at radius 1 is 1.40 bits per heavy atom.